The van der Waals surface area contributed by atoms with Gasteiger partial charge in [-0.05, 0) is 24.1 Å². The van der Waals surface area contributed by atoms with Gasteiger partial charge in [-0.2, -0.15) is 0 Å². The number of benzene rings is 1. The van der Waals surface area contributed by atoms with Gasteiger partial charge in [0, 0.05) is 23.3 Å². The Labute approximate surface area is 154 Å². The highest BCUT2D eigenvalue weighted by Crippen LogP contribution is 2.55. The summed E-state index contributed by atoms with van der Waals surface area (Å²) in [6.07, 6.45) is 1.89. The lowest BCUT2D eigenvalue weighted by atomic mass is 9.64. The number of aliphatic hydroxyl groups is 1. The Kier molecular flexibility index (Phi) is 5.26. The van der Waals surface area contributed by atoms with E-state index in [2.05, 4.69) is 0 Å². The van der Waals surface area contributed by atoms with Gasteiger partial charge in [-0.15, -0.1) is 0 Å². The highest BCUT2D eigenvalue weighted by molar-refractivity contribution is 6.07. The van der Waals surface area contributed by atoms with E-state index in [4.69, 9.17) is 4.74 Å². The first-order chi connectivity index (χ1) is 12.4. The van der Waals surface area contributed by atoms with Crippen molar-refractivity contribution in [1.29, 1.82) is 0 Å². The normalized spacial score (nSPS) is 26.8. The molecule has 0 saturated heterocycles. The van der Waals surface area contributed by atoms with Crippen LogP contribution in [0.4, 0.5) is 0 Å². The molecule has 0 bridgehead atoms. The van der Waals surface area contributed by atoms with E-state index in [-0.39, 0.29) is 30.0 Å². The van der Waals surface area contributed by atoms with E-state index in [1.807, 2.05) is 51.1 Å². The third-order valence-electron chi connectivity index (χ3n) is 5.65. The molecular weight excluding hydrogens is 328 g/mol. The quantitative estimate of drug-likeness (QED) is 0.852. The molecule has 138 valence electrons. The summed E-state index contributed by atoms with van der Waals surface area (Å²) in [6.45, 7) is 6.49. The molecule has 0 aliphatic heterocycles. The standard InChI is InChI=1S/C22H26O4/c1-14-9-17(24)10-22(3)19(18(11-23)21(25)20(14)22)15(2)12-26-13-16-7-5-4-6-8-16/h4-9,15,20,23H,10-13H2,1-3H3/t15?,20?,22-/m1/s1. The van der Waals surface area contributed by atoms with Crippen LogP contribution in [0.2, 0.25) is 0 Å². The van der Waals surface area contributed by atoms with Crippen molar-refractivity contribution in [2.75, 3.05) is 13.2 Å². The molecule has 26 heavy (non-hydrogen) atoms. The maximum atomic E-state index is 12.9. The van der Waals surface area contributed by atoms with Crippen molar-refractivity contribution in [2.45, 2.75) is 33.8 Å². The summed E-state index contributed by atoms with van der Waals surface area (Å²) in [5, 5.41) is 9.85. The number of Topliss-reactive ketones (excluding diaryl/α,β-unsaturated/α-hetero) is 1. The number of fused-ring (bicyclic) bond motifs is 1. The maximum Gasteiger partial charge on any atom is 0.169 e. The number of allylic oxidation sites excluding steroid dienone is 2. The van der Waals surface area contributed by atoms with Crippen LogP contribution in [0.25, 0.3) is 0 Å². The van der Waals surface area contributed by atoms with Gasteiger partial charge >= 0.3 is 0 Å². The number of aliphatic hydroxyl groups excluding tert-OH is 1. The van der Waals surface area contributed by atoms with Crippen LogP contribution in [0.1, 0.15) is 32.8 Å². The Morgan fingerprint density at radius 1 is 1.27 bits per heavy atom. The lowest BCUT2D eigenvalue weighted by Gasteiger charge is -2.38. The number of hydrogen-bond donors (Lipinski definition) is 1. The van der Waals surface area contributed by atoms with Crippen molar-refractivity contribution in [3.63, 3.8) is 0 Å². The SMILES string of the molecule is CC1=CC(=O)C[C@]2(C)C(C(C)COCc3ccccc3)=C(CO)C(=O)C12. The molecule has 2 aliphatic rings. The fourth-order valence-corrected chi connectivity index (χ4v) is 4.79. The Bertz CT molecular complexity index is 775. The molecule has 3 rings (SSSR count). The number of carbonyl (C=O) groups is 2. The smallest absolute Gasteiger partial charge is 0.169 e. The Morgan fingerprint density at radius 3 is 2.62 bits per heavy atom. The zero-order valence-electron chi connectivity index (χ0n) is 15.6. The molecule has 1 N–H and O–H groups in total. The second-order valence-electron chi connectivity index (χ2n) is 7.70. The lowest BCUT2D eigenvalue weighted by molar-refractivity contribution is -0.122. The molecule has 1 aromatic carbocycles. The van der Waals surface area contributed by atoms with Gasteiger partial charge in [-0.3, -0.25) is 9.59 Å². The number of ketones is 2. The molecule has 0 saturated carbocycles. The third-order valence-corrected chi connectivity index (χ3v) is 5.65. The van der Waals surface area contributed by atoms with E-state index >= 15 is 0 Å². The Morgan fingerprint density at radius 2 is 1.96 bits per heavy atom. The number of ether oxygens (including phenoxy) is 1. The Balaban J connectivity index is 1.81. The second kappa shape index (κ2) is 7.29. The van der Waals surface area contributed by atoms with Gasteiger partial charge < -0.3 is 9.84 Å². The first-order valence-electron chi connectivity index (χ1n) is 9.09. The van der Waals surface area contributed by atoms with Crippen molar-refractivity contribution in [2.24, 2.45) is 17.3 Å². The van der Waals surface area contributed by atoms with Gasteiger partial charge in [-0.1, -0.05) is 49.8 Å². The van der Waals surface area contributed by atoms with Crippen molar-refractivity contribution in [1.82, 2.24) is 0 Å². The first-order valence-corrected chi connectivity index (χ1v) is 9.09. The van der Waals surface area contributed by atoms with Crippen molar-refractivity contribution < 1.29 is 19.4 Å². The molecule has 0 amide bonds. The number of hydrogen-bond acceptors (Lipinski definition) is 4. The minimum atomic E-state index is -0.555. The molecule has 2 aliphatic carbocycles. The molecule has 0 heterocycles. The molecule has 2 unspecified atom stereocenters. The van der Waals surface area contributed by atoms with E-state index in [0.717, 1.165) is 16.7 Å². The zero-order chi connectivity index (χ0) is 18.9. The average Bonchev–Trinajstić information content (AvgIpc) is 2.82. The van der Waals surface area contributed by atoms with Crippen LogP contribution >= 0.6 is 0 Å². The maximum absolute atomic E-state index is 12.9. The minimum Gasteiger partial charge on any atom is -0.392 e. The highest BCUT2D eigenvalue weighted by Gasteiger charge is 2.54. The molecule has 3 atom stereocenters. The highest BCUT2D eigenvalue weighted by atomic mass is 16.5. The average molecular weight is 354 g/mol. The topological polar surface area (TPSA) is 63.6 Å². The molecule has 0 radical (unpaired) electrons. The monoisotopic (exact) mass is 354 g/mol. The summed E-state index contributed by atoms with van der Waals surface area (Å²) in [6, 6.07) is 9.92. The summed E-state index contributed by atoms with van der Waals surface area (Å²) in [4.78, 5) is 25.1. The van der Waals surface area contributed by atoms with Crippen LogP contribution < -0.4 is 0 Å². The van der Waals surface area contributed by atoms with E-state index in [9.17, 15) is 14.7 Å². The minimum absolute atomic E-state index is 0.0406. The van der Waals surface area contributed by atoms with Crippen LogP contribution in [-0.4, -0.2) is 29.9 Å². The van der Waals surface area contributed by atoms with E-state index in [1.165, 1.54) is 0 Å². The Hall–Kier alpha value is -2.04. The fourth-order valence-electron chi connectivity index (χ4n) is 4.79. The molecule has 4 heteroatoms. The molecule has 0 spiro atoms. The van der Waals surface area contributed by atoms with Crippen LogP contribution in [-0.2, 0) is 20.9 Å². The zero-order valence-corrected chi connectivity index (χ0v) is 15.6. The van der Waals surface area contributed by atoms with E-state index < -0.39 is 5.41 Å². The van der Waals surface area contributed by atoms with Crippen molar-refractivity contribution in [3.8, 4) is 0 Å². The van der Waals surface area contributed by atoms with Gasteiger partial charge in [-0.25, -0.2) is 0 Å². The third kappa shape index (κ3) is 3.19. The van der Waals surface area contributed by atoms with Gasteiger partial charge in [0.15, 0.2) is 11.6 Å². The first kappa shape index (κ1) is 18.7. The summed E-state index contributed by atoms with van der Waals surface area (Å²) >= 11 is 0. The number of rotatable bonds is 6. The van der Waals surface area contributed by atoms with Gasteiger partial charge in [0.2, 0.25) is 0 Å². The van der Waals surface area contributed by atoms with Crippen LogP contribution in [0, 0.1) is 17.3 Å². The molecular formula is C22H26O4. The molecule has 1 aromatic rings. The lowest BCUT2D eigenvalue weighted by Crippen LogP contribution is -2.37. The molecule has 0 aromatic heterocycles. The summed E-state index contributed by atoms with van der Waals surface area (Å²) in [5.41, 5.74) is 2.70. The van der Waals surface area contributed by atoms with Crippen molar-refractivity contribution in [3.05, 3.63) is 58.7 Å². The second-order valence-corrected chi connectivity index (χ2v) is 7.70. The van der Waals surface area contributed by atoms with Crippen LogP contribution in [0.5, 0.6) is 0 Å². The number of carbonyl (C=O) groups excluding carboxylic acids is 2. The van der Waals surface area contributed by atoms with Crippen LogP contribution in [0.3, 0.4) is 0 Å². The van der Waals surface area contributed by atoms with Gasteiger partial charge in [0.25, 0.3) is 0 Å². The van der Waals surface area contributed by atoms with Gasteiger partial charge in [0.05, 0.1) is 25.7 Å². The van der Waals surface area contributed by atoms with E-state index in [0.29, 0.717) is 25.2 Å². The largest absolute Gasteiger partial charge is 0.392 e. The predicted molar refractivity (Wildman–Crippen MR) is 99.4 cm³/mol. The fraction of sp³-hybridized carbons (Fsp3) is 0.455. The summed E-state index contributed by atoms with van der Waals surface area (Å²) in [5.74, 6) is -0.378. The molecule has 4 nitrogen and oxygen atoms in total. The van der Waals surface area contributed by atoms with Crippen LogP contribution in [0.15, 0.2) is 53.1 Å². The summed E-state index contributed by atoms with van der Waals surface area (Å²) in [7, 11) is 0. The summed E-state index contributed by atoms with van der Waals surface area (Å²) < 4.78 is 5.87. The van der Waals surface area contributed by atoms with Crippen molar-refractivity contribution >= 4 is 11.6 Å². The van der Waals surface area contributed by atoms with Gasteiger partial charge in [0.1, 0.15) is 0 Å². The van der Waals surface area contributed by atoms with E-state index in [1.54, 1.807) is 6.08 Å². The molecule has 0 fully saturated rings. The predicted octanol–water partition coefficient (Wildman–Crippen LogP) is 3.25.